The van der Waals surface area contributed by atoms with Gasteiger partial charge in [-0.05, 0) is 47.6 Å². The van der Waals surface area contributed by atoms with E-state index < -0.39 is 0 Å². The van der Waals surface area contributed by atoms with Crippen LogP contribution < -0.4 is 9.47 Å². The second kappa shape index (κ2) is 7.04. The van der Waals surface area contributed by atoms with Crippen LogP contribution in [0.1, 0.15) is 6.92 Å². The number of thiazole rings is 1. The van der Waals surface area contributed by atoms with E-state index in [0.29, 0.717) is 0 Å². The van der Waals surface area contributed by atoms with E-state index in [4.69, 9.17) is 0 Å². The predicted molar refractivity (Wildman–Crippen MR) is 90.3 cm³/mol. The average Bonchev–Trinajstić information content (AvgIpc) is 3.02. The number of aryl methyl sites for hydroxylation is 1. The van der Waals surface area contributed by atoms with Crippen molar-refractivity contribution in [2.45, 2.75) is 13.5 Å². The smallest absolute Gasteiger partial charge is 0.370 e. The molecule has 0 aliphatic carbocycles. The molecule has 0 unspecified atom stereocenters. The highest BCUT2D eigenvalue weighted by Gasteiger charge is 2.12. The van der Waals surface area contributed by atoms with E-state index in [2.05, 4.69) is 38.8 Å². The van der Waals surface area contributed by atoms with Crippen molar-refractivity contribution >= 4 is 39.6 Å². The molecule has 2 aromatic rings. The van der Waals surface area contributed by atoms with Gasteiger partial charge in [0.2, 0.25) is 0 Å². The lowest BCUT2D eigenvalue weighted by Gasteiger charge is -2.28. The molecule has 4 nitrogen and oxygen atoms in total. The van der Waals surface area contributed by atoms with Gasteiger partial charge in [0, 0.05) is 35.7 Å². The summed E-state index contributed by atoms with van der Waals surface area (Å²) in [4.78, 5) is 2.43. The lowest BCUT2D eigenvalue weighted by molar-refractivity contribution is -0.676. The van der Waals surface area contributed by atoms with Crippen LogP contribution in [0.4, 0.5) is 16.5 Å². The summed E-state index contributed by atoms with van der Waals surface area (Å²) in [5.41, 5.74) is 2.19. The summed E-state index contributed by atoms with van der Waals surface area (Å²) in [5.74, 6) is 2.44. The molecule has 1 saturated heterocycles. The molecule has 0 atom stereocenters. The second-order valence-corrected chi connectivity index (χ2v) is 6.89. The molecule has 0 radical (unpaired) electrons. The summed E-state index contributed by atoms with van der Waals surface area (Å²) in [6.07, 6.45) is 2.04. The van der Waals surface area contributed by atoms with Crippen molar-refractivity contribution in [1.29, 1.82) is 0 Å². The van der Waals surface area contributed by atoms with Gasteiger partial charge in [-0.3, -0.25) is 0 Å². The zero-order valence-electron chi connectivity index (χ0n) is 12.1. The molecule has 0 saturated carbocycles. The van der Waals surface area contributed by atoms with Crippen LogP contribution in [-0.2, 0) is 6.54 Å². The first-order chi connectivity index (χ1) is 10.4. The molecule has 0 bridgehead atoms. The molecule has 110 valence electrons. The van der Waals surface area contributed by atoms with E-state index in [-0.39, 0.29) is 0 Å². The lowest BCUT2D eigenvalue weighted by atomic mass is 10.2. The molecule has 1 aromatic heterocycles. The van der Waals surface area contributed by atoms with Crippen LogP contribution in [-0.4, -0.2) is 24.6 Å². The van der Waals surface area contributed by atoms with Gasteiger partial charge in [0.05, 0.1) is 11.7 Å². The number of rotatable bonds is 4. The van der Waals surface area contributed by atoms with Gasteiger partial charge in [-0.2, -0.15) is 11.8 Å². The van der Waals surface area contributed by atoms with Crippen LogP contribution in [0.3, 0.4) is 0 Å². The maximum atomic E-state index is 4.34. The van der Waals surface area contributed by atoms with Crippen LogP contribution in [0.25, 0.3) is 0 Å². The van der Waals surface area contributed by atoms with Gasteiger partial charge in [-0.25, -0.2) is 4.57 Å². The molecule has 1 aliphatic heterocycles. The van der Waals surface area contributed by atoms with E-state index in [1.807, 2.05) is 35.5 Å². The molecule has 2 heterocycles. The number of hydrogen-bond acceptors (Lipinski definition) is 5. The molecule has 1 fully saturated rings. The van der Waals surface area contributed by atoms with E-state index >= 15 is 0 Å². The van der Waals surface area contributed by atoms with Gasteiger partial charge in [-0.15, -0.1) is 0 Å². The third-order valence-corrected chi connectivity index (χ3v) is 5.20. The number of hydrogen-bond donors (Lipinski definition) is 0. The van der Waals surface area contributed by atoms with Crippen LogP contribution in [0, 0.1) is 0 Å². The van der Waals surface area contributed by atoms with Gasteiger partial charge >= 0.3 is 5.13 Å². The fourth-order valence-corrected chi connectivity index (χ4v) is 3.92. The Labute approximate surface area is 133 Å². The zero-order chi connectivity index (χ0) is 14.5. The number of thioether (sulfide) groups is 1. The van der Waals surface area contributed by atoms with Crippen molar-refractivity contribution in [3.05, 3.63) is 35.8 Å². The molecule has 0 amide bonds. The summed E-state index contributed by atoms with van der Waals surface area (Å²) < 4.78 is 2.09. The van der Waals surface area contributed by atoms with Crippen LogP contribution >= 0.6 is 23.1 Å². The number of nitrogens with zero attached hydrogens (tertiary/aromatic N) is 4. The van der Waals surface area contributed by atoms with Gasteiger partial charge in [0.1, 0.15) is 11.9 Å². The standard InChI is InChI=1S/C15H19N4S2/c1-2-18-9-12-21-15(18)17-16-13-3-5-14(6-4-13)19-7-10-20-11-8-19/h3-6,9,12H,2,7-8,10-11H2,1H3/q+1. The summed E-state index contributed by atoms with van der Waals surface area (Å²) in [6.45, 7) is 5.30. The summed E-state index contributed by atoms with van der Waals surface area (Å²) in [6, 6.07) is 8.38. The minimum atomic E-state index is 0.904. The maximum Gasteiger partial charge on any atom is 0.408 e. The first kappa shape index (κ1) is 14.5. The topological polar surface area (TPSA) is 31.8 Å². The largest absolute Gasteiger partial charge is 0.408 e. The number of anilines is 1. The lowest BCUT2D eigenvalue weighted by Crippen LogP contribution is -2.32. The normalized spacial score (nSPS) is 15.8. The van der Waals surface area contributed by atoms with E-state index in [1.165, 1.54) is 17.2 Å². The molecular weight excluding hydrogens is 300 g/mol. The summed E-state index contributed by atoms with van der Waals surface area (Å²) in [5, 5.41) is 11.7. The van der Waals surface area contributed by atoms with Crippen molar-refractivity contribution in [3.63, 3.8) is 0 Å². The van der Waals surface area contributed by atoms with Gasteiger partial charge < -0.3 is 4.90 Å². The minimum absolute atomic E-state index is 0.904. The van der Waals surface area contributed by atoms with Crippen molar-refractivity contribution in [3.8, 4) is 0 Å². The van der Waals surface area contributed by atoms with Crippen LogP contribution in [0.15, 0.2) is 46.1 Å². The highest BCUT2D eigenvalue weighted by atomic mass is 32.2. The Bertz CT molecular complexity index is 600. The quantitative estimate of drug-likeness (QED) is 0.629. The summed E-state index contributed by atoms with van der Waals surface area (Å²) in [7, 11) is 0. The van der Waals surface area contributed by atoms with Crippen molar-refractivity contribution < 1.29 is 4.57 Å². The van der Waals surface area contributed by atoms with Crippen LogP contribution in [0.2, 0.25) is 0 Å². The highest BCUT2D eigenvalue weighted by Crippen LogP contribution is 2.24. The van der Waals surface area contributed by atoms with E-state index in [1.54, 1.807) is 11.3 Å². The minimum Gasteiger partial charge on any atom is -0.370 e. The SMILES string of the molecule is CC[n+]1ccsc1/N=N/c1ccc(N2CCSCC2)cc1. The third kappa shape index (κ3) is 3.63. The van der Waals surface area contributed by atoms with Crippen molar-refractivity contribution in [2.24, 2.45) is 10.2 Å². The monoisotopic (exact) mass is 319 g/mol. The molecule has 1 aromatic carbocycles. The number of azo groups is 1. The van der Waals surface area contributed by atoms with Gasteiger partial charge in [-0.1, -0.05) is 0 Å². The first-order valence-electron chi connectivity index (χ1n) is 7.18. The van der Waals surface area contributed by atoms with Crippen LogP contribution in [0.5, 0.6) is 0 Å². The number of aromatic nitrogens is 1. The highest BCUT2D eigenvalue weighted by molar-refractivity contribution is 7.99. The molecule has 0 N–H and O–H groups in total. The van der Waals surface area contributed by atoms with Gasteiger partial charge in [0.25, 0.3) is 0 Å². The average molecular weight is 319 g/mol. The fourth-order valence-electron chi connectivity index (χ4n) is 2.27. The predicted octanol–water partition coefficient (Wildman–Crippen LogP) is 4.02. The Morgan fingerprint density at radius 2 is 1.90 bits per heavy atom. The Morgan fingerprint density at radius 1 is 1.14 bits per heavy atom. The van der Waals surface area contributed by atoms with E-state index in [9.17, 15) is 0 Å². The van der Waals surface area contributed by atoms with Gasteiger partial charge in [0.15, 0.2) is 0 Å². The second-order valence-electron chi connectivity index (χ2n) is 4.79. The molecule has 0 spiro atoms. The third-order valence-electron chi connectivity index (χ3n) is 3.48. The molecule has 6 heteroatoms. The Hall–Kier alpha value is -1.40. The molecule has 1 aliphatic rings. The van der Waals surface area contributed by atoms with E-state index in [0.717, 1.165) is 30.5 Å². The molecule has 3 rings (SSSR count). The zero-order valence-corrected chi connectivity index (χ0v) is 13.7. The first-order valence-corrected chi connectivity index (χ1v) is 9.21. The molecular formula is C15H19N4S2+. The van der Waals surface area contributed by atoms with Crippen molar-refractivity contribution in [2.75, 3.05) is 29.5 Å². The fraction of sp³-hybridized carbons (Fsp3) is 0.400. The molecule has 21 heavy (non-hydrogen) atoms. The van der Waals surface area contributed by atoms with Crippen molar-refractivity contribution in [1.82, 2.24) is 0 Å². The Kier molecular flexibility index (Phi) is 4.87. The Balaban J connectivity index is 1.69. The maximum absolute atomic E-state index is 4.34. The number of benzene rings is 1. The Morgan fingerprint density at radius 3 is 2.62 bits per heavy atom. The summed E-state index contributed by atoms with van der Waals surface area (Å²) >= 11 is 3.64.